The van der Waals surface area contributed by atoms with Crippen molar-refractivity contribution in [1.29, 1.82) is 0 Å². The van der Waals surface area contributed by atoms with Gasteiger partial charge in [-0.2, -0.15) is 11.8 Å². The molecule has 2 fully saturated rings. The molecule has 0 aromatic carbocycles. The number of amides is 1. The summed E-state index contributed by atoms with van der Waals surface area (Å²) in [5, 5.41) is 3.65. The molecule has 4 nitrogen and oxygen atoms in total. The van der Waals surface area contributed by atoms with Crippen molar-refractivity contribution in [2.45, 2.75) is 62.8 Å². The Labute approximate surface area is 127 Å². The van der Waals surface area contributed by atoms with Gasteiger partial charge in [0.15, 0.2) is 0 Å². The van der Waals surface area contributed by atoms with Crippen molar-refractivity contribution in [3.63, 3.8) is 0 Å². The standard InChI is InChI=1S/C15H28N2O2S/c1-14(2,3)19-13(18)17-9-5-6-12(10-17)16-11-15(20-4)7-8-15/h12,16H,5-11H2,1-4H3. The van der Waals surface area contributed by atoms with Crippen LogP contribution in [0.5, 0.6) is 0 Å². The average molecular weight is 300 g/mol. The molecule has 0 aromatic rings. The molecule has 1 aliphatic carbocycles. The van der Waals surface area contributed by atoms with Crippen LogP contribution in [0.2, 0.25) is 0 Å². The van der Waals surface area contributed by atoms with Gasteiger partial charge in [-0.15, -0.1) is 0 Å². The minimum atomic E-state index is -0.408. The molecule has 1 amide bonds. The molecule has 0 bridgehead atoms. The first kappa shape index (κ1) is 16.0. The van der Waals surface area contributed by atoms with Crippen LogP contribution in [0.3, 0.4) is 0 Å². The first-order valence-electron chi connectivity index (χ1n) is 7.60. The highest BCUT2D eigenvalue weighted by atomic mass is 32.2. The lowest BCUT2D eigenvalue weighted by Crippen LogP contribution is -2.50. The van der Waals surface area contributed by atoms with E-state index in [2.05, 4.69) is 11.6 Å². The van der Waals surface area contributed by atoms with Crippen molar-refractivity contribution in [3.8, 4) is 0 Å². The Kier molecular flexibility index (Phi) is 4.90. The number of nitrogens with one attached hydrogen (secondary N) is 1. The molecule has 1 saturated heterocycles. The Morgan fingerprint density at radius 1 is 1.45 bits per heavy atom. The summed E-state index contributed by atoms with van der Waals surface area (Å²) in [6, 6.07) is 0.417. The third-order valence-corrected chi connectivity index (χ3v) is 5.45. The number of nitrogens with zero attached hydrogens (tertiary/aromatic N) is 1. The van der Waals surface area contributed by atoms with Gasteiger partial charge < -0.3 is 15.0 Å². The van der Waals surface area contributed by atoms with Crippen molar-refractivity contribution >= 4 is 17.9 Å². The zero-order valence-corrected chi connectivity index (χ0v) is 14.0. The van der Waals surface area contributed by atoms with Gasteiger partial charge in [-0.05, 0) is 52.7 Å². The van der Waals surface area contributed by atoms with Gasteiger partial charge in [0.2, 0.25) is 0 Å². The van der Waals surface area contributed by atoms with Crippen LogP contribution in [0.1, 0.15) is 46.5 Å². The summed E-state index contributed by atoms with van der Waals surface area (Å²) in [5.74, 6) is 0. The summed E-state index contributed by atoms with van der Waals surface area (Å²) < 4.78 is 5.94. The predicted octanol–water partition coefficient (Wildman–Crippen LogP) is 2.87. The minimum Gasteiger partial charge on any atom is -0.444 e. The summed E-state index contributed by atoms with van der Waals surface area (Å²) in [4.78, 5) is 14.0. The van der Waals surface area contributed by atoms with Crippen molar-refractivity contribution < 1.29 is 9.53 Å². The molecule has 1 N–H and O–H groups in total. The molecule has 2 rings (SSSR count). The normalized spacial score (nSPS) is 25.4. The van der Waals surface area contributed by atoms with Crippen LogP contribution in [0.25, 0.3) is 0 Å². The van der Waals surface area contributed by atoms with Gasteiger partial charge in [0, 0.05) is 30.4 Å². The van der Waals surface area contributed by atoms with E-state index in [0.29, 0.717) is 10.8 Å². The highest BCUT2D eigenvalue weighted by Gasteiger charge is 2.42. The van der Waals surface area contributed by atoms with E-state index < -0.39 is 5.60 Å². The number of piperidine rings is 1. The molecule has 1 aliphatic heterocycles. The lowest BCUT2D eigenvalue weighted by Gasteiger charge is -2.35. The number of rotatable bonds is 4. The second-order valence-electron chi connectivity index (χ2n) is 7.03. The predicted molar refractivity (Wildman–Crippen MR) is 84.3 cm³/mol. The van der Waals surface area contributed by atoms with Crippen LogP contribution in [0, 0.1) is 0 Å². The second-order valence-corrected chi connectivity index (χ2v) is 8.31. The molecule has 2 aliphatic rings. The van der Waals surface area contributed by atoms with Crippen LogP contribution in [-0.2, 0) is 4.74 Å². The second kappa shape index (κ2) is 6.14. The summed E-state index contributed by atoms with van der Waals surface area (Å²) in [6.45, 7) is 8.42. The zero-order chi connectivity index (χ0) is 14.8. The maximum absolute atomic E-state index is 12.1. The fourth-order valence-electron chi connectivity index (χ4n) is 2.56. The maximum atomic E-state index is 12.1. The van der Waals surface area contributed by atoms with E-state index in [1.165, 1.54) is 12.8 Å². The van der Waals surface area contributed by atoms with Gasteiger partial charge in [-0.1, -0.05) is 0 Å². The van der Waals surface area contributed by atoms with Gasteiger partial charge >= 0.3 is 6.09 Å². The van der Waals surface area contributed by atoms with Crippen LogP contribution in [-0.4, -0.2) is 53.3 Å². The summed E-state index contributed by atoms with van der Waals surface area (Å²) in [5.41, 5.74) is -0.408. The number of carbonyl (C=O) groups excluding carboxylic acids is 1. The molecule has 0 aromatic heterocycles. The van der Waals surface area contributed by atoms with E-state index in [9.17, 15) is 4.79 Å². The Morgan fingerprint density at radius 2 is 2.15 bits per heavy atom. The van der Waals surface area contributed by atoms with E-state index in [0.717, 1.165) is 32.5 Å². The van der Waals surface area contributed by atoms with Gasteiger partial charge in [-0.3, -0.25) is 0 Å². The molecule has 1 atom stereocenters. The Hall–Kier alpha value is -0.420. The molecule has 20 heavy (non-hydrogen) atoms. The Balaban J connectivity index is 1.78. The minimum absolute atomic E-state index is 0.171. The molecule has 0 spiro atoms. The van der Waals surface area contributed by atoms with Gasteiger partial charge in [0.25, 0.3) is 0 Å². The van der Waals surface area contributed by atoms with Gasteiger partial charge in [0.1, 0.15) is 5.60 Å². The number of thioether (sulfide) groups is 1. The topological polar surface area (TPSA) is 41.6 Å². The monoisotopic (exact) mass is 300 g/mol. The smallest absolute Gasteiger partial charge is 0.410 e. The van der Waals surface area contributed by atoms with Crippen LogP contribution in [0.4, 0.5) is 4.79 Å². The first-order valence-corrected chi connectivity index (χ1v) is 8.82. The quantitative estimate of drug-likeness (QED) is 0.867. The summed E-state index contributed by atoms with van der Waals surface area (Å²) >= 11 is 1.97. The molecular formula is C15H28N2O2S. The third kappa shape index (κ3) is 4.55. The number of hydrogen-bond acceptors (Lipinski definition) is 4. The maximum Gasteiger partial charge on any atom is 0.410 e. The van der Waals surface area contributed by atoms with E-state index in [4.69, 9.17) is 4.74 Å². The summed E-state index contributed by atoms with van der Waals surface area (Å²) in [6.07, 6.45) is 6.89. The van der Waals surface area contributed by atoms with Crippen LogP contribution in [0.15, 0.2) is 0 Å². The molecule has 116 valence electrons. The Bertz CT molecular complexity index is 350. The van der Waals surface area contributed by atoms with Crippen LogP contribution >= 0.6 is 11.8 Å². The highest BCUT2D eigenvalue weighted by molar-refractivity contribution is 8.00. The van der Waals surface area contributed by atoms with Gasteiger partial charge in [-0.25, -0.2) is 4.79 Å². The molecule has 1 saturated carbocycles. The molecule has 1 heterocycles. The van der Waals surface area contributed by atoms with Crippen molar-refractivity contribution in [2.24, 2.45) is 0 Å². The van der Waals surface area contributed by atoms with E-state index in [1.54, 1.807) is 0 Å². The lowest BCUT2D eigenvalue weighted by molar-refractivity contribution is 0.0188. The molecular weight excluding hydrogens is 272 g/mol. The van der Waals surface area contributed by atoms with Crippen molar-refractivity contribution in [3.05, 3.63) is 0 Å². The first-order chi connectivity index (χ1) is 9.34. The fourth-order valence-corrected chi connectivity index (χ4v) is 3.30. The average Bonchev–Trinajstić information content (AvgIpc) is 3.15. The molecule has 1 unspecified atom stereocenters. The van der Waals surface area contributed by atoms with E-state index >= 15 is 0 Å². The number of ether oxygens (including phenoxy) is 1. The van der Waals surface area contributed by atoms with E-state index in [1.807, 2.05) is 37.4 Å². The lowest BCUT2D eigenvalue weighted by atomic mass is 10.1. The number of carbonyl (C=O) groups is 1. The SMILES string of the molecule is CSC1(CNC2CCCN(C(=O)OC(C)(C)C)C2)CC1. The number of hydrogen-bond donors (Lipinski definition) is 1. The largest absolute Gasteiger partial charge is 0.444 e. The number of likely N-dealkylation sites (tertiary alicyclic amines) is 1. The highest BCUT2D eigenvalue weighted by Crippen LogP contribution is 2.46. The van der Waals surface area contributed by atoms with E-state index in [-0.39, 0.29) is 6.09 Å². The molecule has 5 heteroatoms. The van der Waals surface area contributed by atoms with Crippen LogP contribution < -0.4 is 5.32 Å². The molecule has 0 radical (unpaired) electrons. The van der Waals surface area contributed by atoms with Crippen molar-refractivity contribution in [1.82, 2.24) is 10.2 Å². The zero-order valence-electron chi connectivity index (χ0n) is 13.2. The Morgan fingerprint density at radius 3 is 2.70 bits per heavy atom. The van der Waals surface area contributed by atoms with Gasteiger partial charge in [0.05, 0.1) is 0 Å². The summed E-state index contributed by atoms with van der Waals surface area (Å²) in [7, 11) is 0. The fraction of sp³-hybridized carbons (Fsp3) is 0.933. The third-order valence-electron chi connectivity index (χ3n) is 4.03. The van der Waals surface area contributed by atoms with Crippen molar-refractivity contribution in [2.75, 3.05) is 25.9 Å².